The number of aryl methyl sites for hydroxylation is 1. The van der Waals surface area contributed by atoms with Gasteiger partial charge in [-0.3, -0.25) is 29.6 Å². The Morgan fingerprint density at radius 1 is 1.27 bits per heavy atom. The highest BCUT2D eigenvalue weighted by Crippen LogP contribution is 2.39. The Morgan fingerprint density at radius 2 is 2.09 bits per heavy atom. The van der Waals surface area contributed by atoms with E-state index in [1.54, 1.807) is 12.3 Å². The summed E-state index contributed by atoms with van der Waals surface area (Å²) in [6.07, 6.45) is 2.22. The Balaban J connectivity index is 1.88. The molecule has 1 saturated heterocycles. The number of piperidine rings is 1. The van der Waals surface area contributed by atoms with Gasteiger partial charge in [-0.2, -0.15) is 0 Å². The predicted octanol–water partition coefficient (Wildman–Crippen LogP) is 1.31. The first-order chi connectivity index (χ1) is 10.6. The third kappa shape index (κ3) is 1.67. The van der Waals surface area contributed by atoms with Crippen molar-refractivity contribution in [2.24, 2.45) is 0 Å². The van der Waals surface area contributed by atoms with Crippen LogP contribution in [0.3, 0.4) is 0 Å². The molecule has 3 amide bonds. The molecule has 0 aliphatic carbocycles. The summed E-state index contributed by atoms with van der Waals surface area (Å²) in [5.41, 5.74) is 2.96. The number of aromatic nitrogens is 1. The molecule has 1 fully saturated rings. The van der Waals surface area contributed by atoms with Crippen molar-refractivity contribution in [3.05, 3.63) is 35.5 Å². The number of carbonyl (C=O) groups is 3. The largest absolute Gasteiger partial charge is 0.295 e. The lowest BCUT2D eigenvalue weighted by Gasteiger charge is -2.30. The molecule has 1 N–H and O–H groups in total. The fourth-order valence-electron chi connectivity index (χ4n) is 3.26. The fourth-order valence-corrected chi connectivity index (χ4v) is 3.26. The number of carbonyl (C=O) groups excluding carboxylic acids is 3. The molecule has 22 heavy (non-hydrogen) atoms. The van der Waals surface area contributed by atoms with Crippen LogP contribution in [-0.2, 0) is 9.59 Å². The van der Waals surface area contributed by atoms with Crippen LogP contribution in [0.15, 0.2) is 24.4 Å². The number of benzene rings is 1. The number of imide groups is 1. The van der Waals surface area contributed by atoms with Gasteiger partial charge in [-0.25, -0.2) is 0 Å². The predicted molar refractivity (Wildman–Crippen MR) is 79.5 cm³/mol. The van der Waals surface area contributed by atoms with E-state index >= 15 is 0 Å². The Morgan fingerprint density at radius 3 is 2.86 bits per heavy atom. The molecule has 1 aromatic heterocycles. The van der Waals surface area contributed by atoms with Crippen LogP contribution in [0.4, 0.5) is 5.69 Å². The molecule has 4 rings (SSSR count). The van der Waals surface area contributed by atoms with Crippen molar-refractivity contribution >= 4 is 34.3 Å². The minimum atomic E-state index is -0.650. The molecule has 110 valence electrons. The van der Waals surface area contributed by atoms with Gasteiger partial charge in [0.15, 0.2) is 0 Å². The molecule has 2 aromatic rings. The summed E-state index contributed by atoms with van der Waals surface area (Å²) < 4.78 is 0. The summed E-state index contributed by atoms with van der Waals surface area (Å²) in [5.74, 6) is -0.911. The third-order valence-electron chi connectivity index (χ3n) is 4.19. The van der Waals surface area contributed by atoms with Gasteiger partial charge >= 0.3 is 0 Å². The molecule has 0 spiro atoms. The maximum absolute atomic E-state index is 12.8. The number of rotatable bonds is 1. The summed E-state index contributed by atoms with van der Waals surface area (Å²) in [5, 5.41) is 3.09. The first-order valence-electron chi connectivity index (χ1n) is 7.13. The van der Waals surface area contributed by atoms with Crippen LogP contribution in [0.5, 0.6) is 0 Å². The molecule has 0 radical (unpaired) electrons. The highest BCUT2D eigenvalue weighted by molar-refractivity contribution is 6.26. The van der Waals surface area contributed by atoms with E-state index in [0.717, 1.165) is 16.5 Å². The number of anilines is 1. The summed E-state index contributed by atoms with van der Waals surface area (Å²) in [4.78, 5) is 42.1. The molecular weight excluding hydrogens is 282 g/mol. The van der Waals surface area contributed by atoms with Crippen LogP contribution >= 0.6 is 0 Å². The minimum absolute atomic E-state index is 0.203. The topological polar surface area (TPSA) is 79.4 Å². The second kappa shape index (κ2) is 4.37. The van der Waals surface area contributed by atoms with Gasteiger partial charge in [0, 0.05) is 18.0 Å². The average Bonchev–Trinajstić information content (AvgIpc) is 2.74. The van der Waals surface area contributed by atoms with E-state index in [1.165, 1.54) is 4.90 Å². The van der Waals surface area contributed by atoms with E-state index < -0.39 is 11.9 Å². The zero-order chi connectivity index (χ0) is 15.4. The minimum Gasteiger partial charge on any atom is -0.295 e. The smallest absolute Gasteiger partial charge is 0.259 e. The van der Waals surface area contributed by atoms with Gasteiger partial charge in [0.1, 0.15) is 6.04 Å². The summed E-state index contributed by atoms with van der Waals surface area (Å²) >= 11 is 0. The number of pyridine rings is 1. The van der Waals surface area contributed by atoms with Crippen molar-refractivity contribution in [1.82, 2.24) is 10.3 Å². The molecule has 6 heteroatoms. The lowest BCUT2D eigenvalue weighted by molar-refractivity contribution is -0.134. The van der Waals surface area contributed by atoms with Crippen LogP contribution in [0.2, 0.25) is 0 Å². The Hall–Kier alpha value is -2.76. The van der Waals surface area contributed by atoms with E-state index in [4.69, 9.17) is 0 Å². The summed E-state index contributed by atoms with van der Waals surface area (Å²) in [6, 6.07) is 4.84. The quantitative estimate of drug-likeness (QED) is 0.804. The third-order valence-corrected chi connectivity index (χ3v) is 4.19. The molecule has 0 saturated carbocycles. The highest BCUT2D eigenvalue weighted by Gasteiger charge is 2.40. The molecule has 2 aliphatic heterocycles. The van der Waals surface area contributed by atoms with Gasteiger partial charge in [0.05, 0.1) is 16.8 Å². The molecule has 6 nitrogen and oxygen atoms in total. The second-order valence-electron chi connectivity index (χ2n) is 5.68. The normalized spacial score (nSPS) is 20.7. The van der Waals surface area contributed by atoms with Crippen LogP contribution in [0.25, 0.3) is 10.9 Å². The van der Waals surface area contributed by atoms with Crippen molar-refractivity contribution in [2.75, 3.05) is 4.90 Å². The summed E-state index contributed by atoms with van der Waals surface area (Å²) in [7, 11) is 0. The second-order valence-corrected chi connectivity index (χ2v) is 5.68. The van der Waals surface area contributed by atoms with Gasteiger partial charge < -0.3 is 0 Å². The van der Waals surface area contributed by atoms with E-state index in [2.05, 4.69) is 10.3 Å². The molecule has 1 unspecified atom stereocenters. The maximum Gasteiger partial charge on any atom is 0.259 e. The van der Waals surface area contributed by atoms with Gasteiger partial charge in [-0.05, 0) is 37.1 Å². The Labute approximate surface area is 126 Å². The van der Waals surface area contributed by atoms with Crippen molar-refractivity contribution in [3.63, 3.8) is 0 Å². The SMILES string of the molecule is Cc1cc2c3c(ccnc3c1)N(C1CCC(=O)NC1=O)C2=O. The zero-order valence-corrected chi connectivity index (χ0v) is 11.9. The standard InChI is InChI=1S/C16H13N3O3/c1-8-6-9-14-10(7-8)17-5-4-11(14)19(16(9)22)12-2-3-13(20)18-15(12)21/h4-7,12H,2-3H2,1H3,(H,18,20,21). The molecule has 1 atom stereocenters. The summed E-state index contributed by atoms with van der Waals surface area (Å²) in [6.45, 7) is 1.91. The number of hydrogen-bond acceptors (Lipinski definition) is 4. The molecule has 3 heterocycles. The average molecular weight is 295 g/mol. The van der Waals surface area contributed by atoms with Gasteiger partial charge in [-0.1, -0.05) is 0 Å². The van der Waals surface area contributed by atoms with Crippen LogP contribution in [-0.4, -0.2) is 28.7 Å². The lowest BCUT2D eigenvalue weighted by atomic mass is 10.0. The van der Waals surface area contributed by atoms with Crippen molar-refractivity contribution in [1.29, 1.82) is 0 Å². The van der Waals surface area contributed by atoms with Crippen LogP contribution in [0, 0.1) is 6.92 Å². The first kappa shape index (κ1) is 12.9. The van der Waals surface area contributed by atoms with Gasteiger partial charge in [0.25, 0.3) is 5.91 Å². The fraction of sp³-hybridized carbons (Fsp3) is 0.250. The van der Waals surface area contributed by atoms with Crippen molar-refractivity contribution < 1.29 is 14.4 Å². The highest BCUT2D eigenvalue weighted by atomic mass is 16.2. The lowest BCUT2D eigenvalue weighted by Crippen LogP contribution is -2.53. The molecule has 1 aromatic carbocycles. The Bertz CT molecular complexity index is 859. The van der Waals surface area contributed by atoms with Crippen LogP contribution < -0.4 is 10.2 Å². The van der Waals surface area contributed by atoms with Crippen LogP contribution in [0.1, 0.15) is 28.8 Å². The van der Waals surface area contributed by atoms with Crippen molar-refractivity contribution in [3.8, 4) is 0 Å². The van der Waals surface area contributed by atoms with Crippen molar-refractivity contribution in [2.45, 2.75) is 25.8 Å². The van der Waals surface area contributed by atoms with Gasteiger partial charge in [-0.15, -0.1) is 0 Å². The number of hydrogen-bond donors (Lipinski definition) is 1. The van der Waals surface area contributed by atoms with E-state index in [0.29, 0.717) is 17.7 Å². The molecule has 2 aliphatic rings. The zero-order valence-electron chi connectivity index (χ0n) is 11.9. The molecular formula is C16H13N3O3. The number of nitrogens with zero attached hydrogens (tertiary/aromatic N) is 2. The van der Waals surface area contributed by atoms with Gasteiger partial charge in [0.2, 0.25) is 11.8 Å². The molecule has 0 bridgehead atoms. The maximum atomic E-state index is 12.8. The Kier molecular flexibility index (Phi) is 2.57. The first-order valence-corrected chi connectivity index (χ1v) is 7.13. The van der Waals surface area contributed by atoms with E-state index in [9.17, 15) is 14.4 Å². The van der Waals surface area contributed by atoms with E-state index in [1.807, 2.05) is 19.1 Å². The number of amides is 3. The van der Waals surface area contributed by atoms with E-state index in [-0.39, 0.29) is 18.2 Å². The monoisotopic (exact) mass is 295 g/mol. The number of nitrogens with one attached hydrogen (secondary N) is 1.